The first-order chi connectivity index (χ1) is 12.7. The molecule has 3 rings (SSSR count). The van der Waals surface area contributed by atoms with Gasteiger partial charge in [-0.1, -0.05) is 12.1 Å². The molecule has 134 valence electrons. The van der Waals surface area contributed by atoms with Crippen LogP contribution in [0.2, 0.25) is 0 Å². The normalized spacial score (nSPS) is 10.5. The molecule has 3 aromatic rings. The van der Waals surface area contributed by atoms with Gasteiger partial charge in [0.1, 0.15) is 0 Å². The Labute approximate surface area is 151 Å². The summed E-state index contributed by atoms with van der Waals surface area (Å²) in [5, 5.41) is 9.76. The lowest BCUT2D eigenvalue weighted by Crippen LogP contribution is -2.23. The third-order valence-electron chi connectivity index (χ3n) is 3.77. The summed E-state index contributed by atoms with van der Waals surface area (Å²) in [4.78, 5) is 23.9. The molecule has 0 atom stereocenters. The highest BCUT2D eigenvalue weighted by atomic mass is 16.3. The smallest absolute Gasteiger partial charge is 0.291 e. The first kappa shape index (κ1) is 17.5. The lowest BCUT2D eigenvalue weighted by Gasteiger charge is -2.08. The van der Waals surface area contributed by atoms with E-state index in [0.717, 1.165) is 12.0 Å². The average molecular weight is 352 g/mol. The SMILES string of the molecule is O=C(CCCn1cccn1)NCc1cccc(NC(=O)c2ccco2)c1. The van der Waals surface area contributed by atoms with Gasteiger partial charge in [0.15, 0.2) is 5.76 Å². The minimum atomic E-state index is -0.310. The number of rotatable bonds is 8. The van der Waals surface area contributed by atoms with E-state index in [1.807, 2.05) is 30.5 Å². The maximum Gasteiger partial charge on any atom is 0.291 e. The molecule has 0 bridgehead atoms. The number of amides is 2. The van der Waals surface area contributed by atoms with Crippen molar-refractivity contribution in [3.63, 3.8) is 0 Å². The minimum absolute atomic E-state index is 0.0119. The Morgan fingerprint density at radius 2 is 2.08 bits per heavy atom. The standard InChI is InChI=1S/C19H20N4O3/c24-18(8-2-10-23-11-4-9-21-23)20-14-15-5-1-6-16(13-15)22-19(25)17-7-3-12-26-17/h1,3-7,9,11-13H,2,8,10,14H2,(H,20,24)(H,22,25). The molecule has 1 aromatic carbocycles. The molecule has 7 nitrogen and oxygen atoms in total. The zero-order valence-corrected chi connectivity index (χ0v) is 14.2. The van der Waals surface area contributed by atoms with Crippen LogP contribution in [0.4, 0.5) is 5.69 Å². The number of hydrogen-bond donors (Lipinski definition) is 2. The van der Waals surface area contributed by atoms with Crippen LogP contribution in [0.5, 0.6) is 0 Å². The molecule has 0 aliphatic carbocycles. The van der Waals surface area contributed by atoms with Crippen molar-refractivity contribution in [2.75, 3.05) is 5.32 Å². The largest absolute Gasteiger partial charge is 0.459 e. The van der Waals surface area contributed by atoms with Crippen molar-refractivity contribution in [1.82, 2.24) is 15.1 Å². The van der Waals surface area contributed by atoms with Crippen molar-refractivity contribution in [3.05, 3.63) is 72.4 Å². The van der Waals surface area contributed by atoms with E-state index in [0.29, 0.717) is 25.2 Å². The summed E-state index contributed by atoms with van der Waals surface area (Å²) in [5.41, 5.74) is 1.56. The monoisotopic (exact) mass is 352 g/mol. The summed E-state index contributed by atoms with van der Waals surface area (Å²) in [6, 6.07) is 12.5. The van der Waals surface area contributed by atoms with Crippen LogP contribution in [-0.4, -0.2) is 21.6 Å². The zero-order chi connectivity index (χ0) is 18.2. The number of carbonyl (C=O) groups is 2. The fourth-order valence-electron chi connectivity index (χ4n) is 2.48. The first-order valence-electron chi connectivity index (χ1n) is 8.38. The van der Waals surface area contributed by atoms with E-state index in [-0.39, 0.29) is 17.6 Å². The summed E-state index contributed by atoms with van der Waals surface area (Å²) >= 11 is 0. The maximum atomic E-state index is 12.0. The van der Waals surface area contributed by atoms with Gasteiger partial charge in [0.05, 0.1) is 6.26 Å². The van der Waals surface area contributed by atoms with Gasteiger partial charge in [-0.05, 0) is 42.3 Å². The zero-order valence-electron chi connectivity index (χ0n) is 14.2. The Kier molecular flexibility index (Phi) is 5.82. The van der Waals surface area contributed by atoms with Gasteiger partial charge in [-0.3, -0.25) is 14.3 Å². The van der Waals surface area contributed by atoms with Crippen molar-refractivity contribution in [2.45, 2.75) is 25.9 Å². The molecule has 2 heterocycles. The Morgan fingerprint density at radius 3 is 2.85 bits per heavy atom. The second-order valence-electron chi connectivity index (χ2n) is 5.78. The maximum absolute atomic E-state index is 12.0. The number of nitrogens with one attached hydrogen (secondary N) is 2. The van der Waals surface area contributed by atoms with Gasteiger partial charge < -0.3 is 15.1 Å². The number of benzene rings is 1. The van der Waals surface area contributed by atoms with E-state index in [1.165, 1.54) is 6.26 Å². The van der Waals surface area contributed by atoms with E-state index in [9.17, 15) is 9.59 Å². The molecule has 0 unspecified atom stereocenters. The quantitative estimate of drug-likeness (QED) is 0.652. The molecule has 2 aromatic heterocycles. The summed E-state index contributed by atoms with van der Waals surface area (Å²) in [5.74, 6) is -0.0714. The number of furan rings is 1. The second kappa shape index (κ2) is 8.66. The first-order valence-corrected chi connectivity index (χ1v) is 8.38. The molecule has 0 spiro atoms. The van der Waals surface area contributed by atoms with E-state index < -0.39 is 0 Å². The Hall–Kier alpha value is -3.35. The number of aromatic nitrogens is 2. The molecule has 2 N–H and O–H groups in total. The number of hydrogen-bond acceptors (Lipinski definition) is 4. The van der Waals surface area contributed by atoms with Crippen molar-refractivity contribution in [1.29, 1.82) is 0 Å². The van der Waals surface area contributed by atoms with Crippen molar-refractivity contribution < 1.29 is 14.0 Å². The van der Waals surface area contributed by atoms with Crippen LogP contribution in [0, 0.1) is 0 Å². The van der Waals surface area contributed by atoms with Crippen molar-refractivity contribution in [2.24, 2.45) is 0 Å². The summed E-state index contributed by atoms with van der Waals surface area (Å²) in [6.45, 7) is 1.12. The molecule has 0 aliphatic rings. The highest BCUT2D eigenvalue weighted by molar-refractivity contribution is 6.02. The third-order valence-corrected chi connectivity index (χ3v) is 3.77. The van der Waals surface area contributed by atoms with Gasteiger partial charge >= 0.3 is 0 Å². The Balaban J connectivity index is 1.44. The molecule has 2 amide bonds. The lowest BCUT2D eigenvalue weighted by atomic mass is 10.2. The lowest BCUT2D eigenvalue weighted by molar-refractivity contribution is -0.121. The Bertz CT molecular complexity index is 842. The van der Waals surface area contributed by atoms with Crippen molar-refractivity contribution in [3.8, 4) is 0 Å². The molecule has 0 fully saturated rings. The van der Waals surface area contributed by atoms with Crippen LogP contribution >= 0.6 is 0 Å². The topological polar surface area (TPSA) is 89.2 Å². The predicted octanol–water partition coefficient (Wildman–Crippen LogP) is 2.83. The van der Waals surface area contributed by atoms with Crippen LogP contribution < -0.4 is 10.6 Å². The molecule has 0 saturated heterocycles. The molecule has 7 heteroatoms. The van der Waals surface area contributed by atoms with Gasteiger partial charge in [0, 0.05) is 37.6 Å². The van der Waals surface area contributed by atoms with Gasteiger partial charge in [-0.15, -0.1) is 0 Å². The van der Waals surface area contributed by atoms with E-state index in [4.69, 9.17) is 4.42 Å². The molecule has 0 saturated carbocycles. The highest BCUT2D eigenvalue weighted by Crippen LogP contribution is 2.12. The number of nitrogens with zero attached hydrogens (tertiary/aromatic N) is 2. The third kappa shape index (κ3) is 5.07. The van der Waals surface area contributed by atoms with Crippen LogP contribution in [-0.2, 0) is 17.9 Å². The van der Waals surface area contributed by atoms with Gasteiger partial charge in [0.2, 0.25) is 5.91 Å². The fourth-order valence-corrected chi connectivity index (χ4v) is 2.48. The number of aryl methyl sites for hydroxylation is 1. The molecule has 0 aliphatic heterocycles. The van der Waals surface area contributed by atoms with E-state index >= 15 is 0 Å². The van der Waals surface area contributed by atoms with Crippen LogP contribution in [0.1, 0.15) is 29.0 Å². The summed E-state index contributed by atoms with van der Waals surface area (Å²) in [6.07, 6.45) is 6.22. The minimum Gasteiger partial charge on any atom is -0.459 e. The molecule has 26 heavy (non-hydrogen) atoms. The van der Waals surface area contributed by atoms with Crippen LogP contribution in [0.3, 0.4) is 0 Å². The van der Waals surface area contributed by atoms with Crippen LogP contribution in [0.15, 0.2) is 65.5 Å². The summed E-state index contributed by atoms with van der Waals surface area (Å²) in [7, 11) is 0. The molecular formula is C19H20N4O3. The number of anilines is 1. The second-order valence-corrected chi connectivity index (χ2v) is 5.78. The summed E-state index contributed by atoms with van der Waals surface area (Å²) < 4.78 is 6.87. The van der Waals surface area contributed by atoms with Gasteiger partial charge in [0.25, 0.3) is 5.91 Å². The molecule has 0 radical (unpaired) electrons. The van der Waals surface area contributed by atoms with E-state index in [2.05, 4.69) is 15.7 Å². The fraction of sp³-hybridized carbons (Fsp3) is 0.211. The van der Waals surface area contributed by atoms with E-state index in [1.54, 1.807) is 29.1 Å². The van der Waals surface area contributed by atoms with Crippen LogP contribution in [0.25, 0.3) is 0 Å². The highest BCUT2D eigenvalue weighted by Gasteiger charge is 2.09. The van der Waals surface area contributed by atoms with Gasteiger partial charge in [-0.25, -0.2) is 0 Å². The predicted molar refractivity (Wildman–Crippen MR) is 96.4 cm³/mol. The molecular weight excluding hydrogens is 332 g/mol. The van der Waals surface area contributed by atoms with Gasteiger partial charge in [-0.2, -0.15) is 5.10 Å². The Morgan fingerprint density at radius 1 is 1.15 bits per heavy atom. The average Bonchev–Trinajstić information content (AvgIpc) is 3.34. The van der Waals surface area contributed by atoms with Crippen molar-refractivity contribution >= 4 is 17.5 Å². The number of carbonyl (C=O) groups excluding carboxylic acids is 2.